The molecule has 0 bridgehead atoms. The standard InChI is InChI=1S/C21H33N7S/c1-22-21(24-15-19-26-25-18-10-4-3-5-12-28(18)19)23-14-16-8-6-11-27(2)20(16)17-9-7-13-29-17/h7,9,13,16,20H,3-6,8,10-12,14-15H2,1-2H3,(H2,22,23,24). The van der Waals surface area contributed by atoms with E-state index in [-0.39, 0.29) is 0 Å². The number of aryl methyl sites for hydroxylation is 1. The van der Waals surface area contributed by atoms with Crippen LogP contribution in [0, 0.1) is 5.92 Å². The Morgan fingerprint density at radius 1 is 1.21 bits per heavy atom. The average molecular weight is 416 g/mol. The van der Waals surface area contributed by atoms with Crippen LogP contribution in [0.2, 0.25) is 0 Å². The fraction of sp³-hybridized carbons (Fsp3) is 0.667. The fourth-order valence-corrected chi connectivity index (χ4v) is 5.65. The zero-order valence-electron chi connectivity index (χ0n) is 17.6. The molecule has 29 heavy (non-hydrogen) atoms. The fourth-order valence-electron chi connectivity index (χ4n) is 4.67. The highest BCUT2D eigenvalue weighted by molar-refractivity contribution is 7.10. The Morgan fingerprint density at radius 2 is 2.14 bits per heavy atom. The van der Waals surface area contributed by atoms with E-state index in [1.165, 1.54) is 43.5 Å². The molecular weight excluding hydrogens is 382 g/mol. The quantitative estimate of drug-likeness (QED) is 0.580. The molecule has 2 aliphatic rings. The summed E-state index contributed by atoms with van der Waals surface area (Å²) in [6.45, 7) is 3.78. The zero-order valence-corrected chi connectivity index (χ0v) is 18.4. The second-order valence-electron chi connectivity index (χ2n) is 8.14. The van der Waals surface area contributed by atoms with E-state index >= 15 is 0 Å². The average Bonchev–Trinajstić information content (AvgIpc) is 3.33. The van der Waals surface area contributed by atoms with E-state index in [1.54, 1.807) is 0 Å². The minimum Gasteiger partial charge on any atom is -0.356 e. The van der Waals surface area contributed by atoms with Gasteiger partial charge in [0.2, 0.25) is 0 Å². The van der Waals surface area contributed by atoms with E-state index in [2.05, 4.69) is 59.9 Å². The first-order valence-corrected chi connectivity index (χ1v) is 11.7. The lowest BCUT2D eigenvalue weighted by Gasteiger charge is -2.39. The van der Waals surface area contributed by atoms with Crippen molar-refractivity contribution in [2.75, 3.05) is 27.2 Å². The van der Waals surface area contributed by atoms with Crippen LogP contribution in [0.4, 0.5) is 0 Å². The topological polar surface area (TPSA) is 70.4 Å². The van der Waals surface area contributed by atoms with Crippen LogP contribution in [0.25, 0.3) is 0 Å². The number of aromatic nitrogens is 3. The third-order valence-corrected chi connectivity index (χ3v) is 7.14. The molecule has 2 aliphatic heterocycles. The van der Waals surface area contributed by atoms with Crippen LogP contribution < -0.4 is 10.6 Å². The molecule has 158 valence electrons. The summed E-state index contributed by atoms with van der Waals surface area (Å²) in [6, 6.07) is 4.92. The number of likely N-dealkylation sites (tertiary alicyclic amines) is 1. The van der Waals surface area contributed by atoms with Crippen molar-refractivity contribution in [3.05, 3.63) is 34.0 Å². The summed E-state index contributed by atoms with van der Waals surface area (Å²) in [7, 11) is 4.09. The minimum absolute atomic E-state index is 0.488. The smallest absolute Gasteiger partial charge is 0.191 e. The first-order chi connectivity index (χ1) is 14.3. The molecule has 2 N–H and O–H groups in total. The number of nitrogens with zero attached hydrogens (tertiary/aromatic N) is 5. The lowest BCUT2D eigenvalue weighted by atomic mass is 9.88. The van der Waals surface area contributed by atoms with E-state index in [0.717, 1.165) is 37.1 Å². The molecule has 0 aromatic carbocycles. The number of hydrogen-bond donors (Lipinski definition) is 2. The van der Waals surface area contributed by atoms with Crippen molar-refractivity contribution in [1.82, 2.24) is 30.3 Å². The van der Waals surface area contributed by atoms with Gasteiger partial charge in [-0.2, -0.15) is 0 Å². The number of fused-ring (bicyclic) bond motifs is 1. The van der Waals surface area contributed by atoms with E-state index in [4.69, 9.17) is 0 Å². The molecule has 0 aliphatic carbocycles. The maximum absolute atomic E-state index is 4.44. The third-order valence-electron chi connectivity index (χ3n) is 6.20. The van der Waals surface area contributed by atoms with Crippen LogP contribution in [0.5, 0.6) is 0 Å². The van der Waals surface area contributed by atoms with Crippen molar-refractivity contribution in [3.63, 3.8) is 0 Å². The number of thiophene rings is 1. The molecule has 0 radical (unpaired) electrons. The summed E-state index contributed by atoms with van der Waals surface area (Å²) in [5.74, 6) is 3.56. The van der Waals surface area contributed by atoms with Gasteiger partial charge in [0.25, 0.3) is 0 Å². The number of aliphatic imine (C=N–C) groups is 1. The summed E-state index contributed by atoms with van der Waals surface area (Å²) in [6.07, 6.45) is 7.25. The first kappa shape index (κ1) is 20.3. The molecule has 2 aromatic rings. The molecule has 2 aromatic heterocycles. The summed E-state index contributed by atoms with van der Waals surface area (Å²) >= 11 is 1.87. The highest BCUT2D eigenvalue weighted by Crippen LogP contribution is 2.36. The molecule has 2 atom stereocenters. The molecule has 0 amide bonds. The first-order valence-electron chi connectivity index (χ1n) is 10.9. The maximum Gasteiger partial charge on any atom is 0.191 e. The highest BCUT2D eigenvalue weighted by atomic mass is 32.1. The summed E-state index contributed by atoms with van der Waals surface area (Å²) in [5, 5.41) is 18.0. The van der Waals surface area contributed by atoms with Crippen LogP contribution in [0.3, 0.4) is 0 Å². The van der Waals surface area contributed by atoms with Crippen molar-refractivity contribution < 1.29 is 0 Å². The zero-order chi connectivity index (χ0) is 20.1. The van der Waals surface area contributed by atoms with Gasteiger partial charge in [0.15, 0.2) is 11.8 Å². The van der Waals surface area contributed by atoms with Crippen molar-refractivity contribution in [3.8, 4) is 0 Å². The van der Waals surface area contributed by atoms with Gasteiger partial charge in [0.1, 0.15) is 5.82 Å². The third kappa shape index (κ3) is 4.80. The molecular formula is C21H33N7S. The Hall–Kier alpha value is -1.93. The van der Waals surface area contributed by atoms with Gasteiger partial charge in [0.05, 0.1) is 6.54 Å². The van der Waals surface area contributed by atoms with Crippen LogP contribution in [0.15, 0.2) is 22.5 Å². The van der Waals surface area contributed by atoms with Gasteiger partial charge in [-0.3, -0.25) is 9.89 Å². The molecule has 4 rings (SSSR count). The number of piperidine rings is 1. The van der Waals surface area contributed by atoms with Gasteiger partial charge in [-0.05, 0) is 56.6 Å². The second-order valence-corrected chi connectivity index (χ2v) is 9.12. The van der Waals surface area contributed by atoms with Gasteiger partial charge in [0, 0.05) is 37.5 Å². The largest absolute Gasteiger partial charge is 0.356 e. The van der Waals surface area contributed by atoms with Gasteiger partial charge in [-0.25, -0.2) is 0 Å². The predicted octanol–water partition coefficient (Wildman–Crippen LogP) is 2.81. The molecule has 7 nitrogen and oxygen atoms in total. The van der Waals surface area contributed by atoms with Gasteiger partial charge in [-0.1, -0.05) is 12.5 Å². The van der Waals surface area contributed by atoms with Crippen molar-refractivity contribution in [2.24, 2.45) is 10.9 Å². The van der Waals surface area contributed by atoms with Gasteiger partial charge in [-0.15, -0.1) is 21.5 Å². The molecule has 1 fully saturated rings. The number of rotatable bonds is 5. The Balaban J connectivity index is 1.34. The molecule has 4 heterocycles. The van der Waals surface area contributed by atoms with Crippen molar-refractivity contribution >= 4 is 17.3 Å². The molecule has 1 saturated heterocycles. The van der Waals surface area contributed by atoms with Gasteiger partial charge < -0.3 is 15.2 Å². The van der Waals surface area contributed by atoms with E-state index in [1.807, 2.05) is 18.4 Å². The highest BCUT2D eigenvalue weighted by Gasteiger charge is 2.31. The van der Waals surface area contributed by atoms with Crippen molar-refractivity contribution in [1.29, 1.82) is 0 Å². The predicted molar refractivity (Wildman–Crippen MR) is 118 cm³/mol. The van der Waals surface area contributed by atoms with Crippen LogP contribution in [-0.2, 0) is 19.5 Å². The minimum atomic E-state index is 0.488. The Bertz CT molecular complexity index is 798. The Morgan fingerprint density at radius 3 is 2.97 bits per heavy atom. The van der Waals surface area contributed by atoms with E-state index in [0.29, 0.717) is 18.5 Å². The van der Waals surface area contributed by atoms with Crippen LogP contribution >= 0.6 is 11.3 Å². The summed E-state index contributed by atoms with van der Waals surface area (Å²) in [4.78, 5) is 8.40. The normalized spacial score (nSPS) is 23.4. The lowest BCUT2D eigenvalue weighted by Crippen LogP contribution is -2.44. The van der Waals surface area contributed by atoms with Crippen LogP contribution in [-0.4, -0.2) is 52.8 Å². The number of hydrogen-bond acceptors (Lipinski definition) is 5. The van der Waals surface area contributed by atoms with Crippen LogP contribution in [0.1, 0.15) is 54.7 Å². The Kier molecular flexibility index (Phi) is 6.82. The monoisotopic (exact) mass is 415 g/mol. The summed E-state index contributed by atoms with van der Waals surface area (Å²) < 4.78 is 2.29. The molecule has 8 heteroatoms. The number of guanidine groups is 1. The second kappa shape index (κ2) is 9.71. The lowest BCUT2D eigenvalue weighted by molar-refractivity contribution is 0.125. The molecule has 0 spiro atoms. The van der Waals surface area contributed by atoms with E-state index < -0.39 is 0 Å². The maximum atomic E-state index is 4.44. The van der Waals surface area contributed by atoms with Gasteiger partial charge >= 0.3 is 0 Å². The van der Waals surface area contributed by atoms with E-state index in [9.17, 15) is 0 Å². The Labute approximate surface area is 177 Å². The SMILES string of the molecule is CN=C(NCc1nnc2n1CCCCC2)NCC1CCCN(C)C1c1cccs1. The molecule has 2 unspecified atom stereocenters. The van der Waals surface area contributed by atoms with Crippen molar-refractivity contribution in [2.45, 2.75) is 57.7 Å². The number of nitrogens with one attached hydrogen (secondary N) is 2. The summed E-state index contributed by atoms with van der Waals surface area (Å²) in [5.41, 5.74) is 0. The molecule has 0 saturated carbocycles.